The number of Topliss-reactive ketones (excluding diaryl/α,β-unsaturated/α-hetero) is 3. The summed E-state index contributed by atoms with van der Waals surface area (Å²) >= 11 is 0. The number of hydrogen-bond acceptors (Lipinski definition) is 45. The van der Waals surface area contributed by atoms with E-state index in [1.165, 1.54) is 20.8 Å². The highest BCUT2D eigenvalue weighted by atomic mass is 16.7. The summed E-state index contributed by atoms with van der Waals surface area (Å²) in [5.41, 5.74) is 67.7. The second kappa shape index (κ2) is 47.7. The van der Waals surface area contributed by atoms with Gasteiger partial charge < -0.3 is 235 Å². The quantitative estimate of drug-likeness (QED) is 0.0154. The molecular formula is C84H154N24O27. The maximum atomic E-state index is 13.3. The smallest absolute Gasteiger partial charge is 0.215 e. The largest absolute Gasteiger partial charge is 0.467 e. The molecular weight excluding hydrogens is 1780 g/mol. The van der Waals surface area contributed by atoms with Gasteiger partial charge in [0.2, 0.25) is 18.9 Å². The van der Waals surface area contributed by atoms with Crippen LogP contribution in [0.15, 0.2) is 50.5 Å². The normalized spacial score (nSPS) is 42.7. The zero-order valence-corrected chi connectivity index (χ0v) is 77.7. The van der Waals surface area contributed by atoms with Crippen LogP contribution in [0.2, 0.25) is 0 Å². The van der Waals surface area contributed by atoms with Gasteiger partial charge in [-0.1, -0.05) is 0 Å². The number of rotatable bonds is 40. The molecule has 13 rings (SSSR count). The topological polar surface area (TPSA) is 876 Å². The molecule has 38 atom stereocenters. The molecule has 0 aromatic heterocycles. The molecule has 5 aliphatic carbocycles. The lowest BCUT2D eigenvalue weighted by molar-refractivity contribution is -0.308. The number of aliphatic hydroxyl groups is 12. The summed E-state index contributed by atoms with van der Waals surface area (Å²) < 4.78 is 73.1. The lowest BCUT2D eigenvalue weighted by Crippen LogP contribution is -2.67. The number of aliphatic hydroxyl groups excluding tert-OH is 7. The minimum absolute atomic E-state index is 0.000379. The molecule has 0 bridgehead atoms. The van der Waals surface area contributed by atoms with Gasteiger partial charge >= 0.3 is 0 Å². The fourth-order valence-electron chi connectivity index (χ4n) is 19.8. The van der Waals surface area contributed by atoms with Crippen LogP contribution in [0.25, 0.3) is 0 Å². The van der Waals surface area contributed by atoms with Crippen molar-refractivity contribution in [3.8, 4) is 0 Å². The van der Waals surface area contributed by atoms with E-state index in [0.717, 1.165) is 32.6 Å². The van der Waals surface area contributed by atoms with Crippen molar-refractivity contribution in [1.82, 2.24) is 42.5 Å². The van der Waals surface area contributed by atoms with E-state index in [-0.39, 0.29) is 152 Å². The summed E-state index contributed by atoms with van der Waals surface area (Å²) in [5.74, 6) is -2.68. The van der Waals surface area contributed by atoms with Gasteiger partial charge in [-0.25, -0.2) is 9.98 Å². The summed E-state index contributed by atoms with van der Waals surface area (Å²) in [6.45, 7) is 8.93. The van der Waals surface area contributed by atoms with Crippen molar-refractivity contribution in [3.05, 3.63) is 35.5 Å². The van der Waals surface area contributed by atoms with Crippen LogP contribution >= 0.6 is 0 Å². The molecule has 0 aromatic carbocycles. The average molecular weight is 1930 g/mol. The zero-order valence-electron chi connectivity index (χ0n) is 77.7. The van der Waals surface area contributed by atoms with Gasteiger partial charge in [0.1, 0.15) is 106 Å². The van der Waals surface area contributed by atoms with Gasteiger partial charge in [0.15, 0.2) is 54.1 Å². The third kappa shape index (κ3) is 27.1. The summed E-state index contributed by atoms with van der Waals surface area (Å²) in [5, 5.41) is 158. The number of ketones is 3. The number of hydrogen-bond donors (Lipinski definition) is 33. The van der Waals surface area contributed by atoms with Crippen molar-refractivity contribution < 1.29 is 133 Å². The third-order valence-corrected chi connectivity index (χ3v) is 27.8. The van der Waals surface area contributed by atoms with E-state index in [2.05, 4.69) is 57.5 Å². The van der Waals surface area contributed by atoms with Crippen molar-refractivity contribution in [2.45, 2.75) is 328 Å². The molecule has 5 saturated carbocycles. The lowest BCUT2D eigenvalue weighted by atomic mass is 9.76. The van der Waals surface area contributed by atoms with Crippen LogP contribution in [0.4, 0.5) is 0 Å². The number of nitrogens with one attached hydrogen (secondary N) is 8. The van der Waals surface area contributed by atoms with E-state index < -0.39 is 229 Å². The minimum Gasteiger partial charge on any atom is -0.467 e. The lowest BCUT2D eigenvalue weighted by Gasteiger charge is -2.49. The van der Waals surface area contributed by atoms with Crippen LogP contribution in [0.5, 0.6) is 0 Å². The Hall–Kier alpha value is -6.00. The summed E-state index contributed by atoms with van der Waals surface area (Å²) in [6.07, 6.45) is -14.2. The summed E-state index contributed by atoms with van der Waals surface area (Å²) in [7, 11) is 4.76. The Balaban J connectivity index is 0.000000195. The Morgan fingerprint density at radius 3 is 1.10 bits per heavy atom. The Kier molecular flexibility index (Phi) is 38.7. The third-order valence-electron chi connectivity index (χ3n) is 27.8. The highest BCUT2D eigenvalue weighted by molar-refractivity contribution is 5.93. The first-order valence-corrected chi connectivity index (χ1v) is 46.7. The van der Waals surface area contributed by atoms with E-state index in [9.17, 15) is 75.7 Å². The molecule has 0 aromatic rings. The number of carbonyl (C=O) groups is 3. The Labute approximate surface area is 784 Å². The molecule has 51 nitrogen and oxygen atoms in total. The Morgan fingerprint density at radius 2 is 0.800 bits per heavy atom. The first-order chi connectivity index (χ1) is 63.9. The predicted octanol–water partition coefficient (Wildman–Crippen LogP) is -15.0. The first-order valence-electron chi connectivity index (χ1n) is 46.7. The van der Waals surface area contributed by atoms with E-state index in [0.29, 0.717) is 49.6 Å². The number of nitrogens with two attached hydrogens (primary N) is 13. The maximum Gasteiger partial charge on any atom is 0.215 e. The van der Waals surface area contributed by atoms with Crippen molar-refractivity contribution in [1.29, 1.82) is 0 Å². The number of aliphatic imine (C=N–C) groups is 3. The molecule has 0 spiro atoms. The van der Waals surface area contributed by atoms with Crippen LogP contribution < -0.4 is 117 Å². The number of carbonyl (C=O) groups excluding carboxylic acids is 3. The van der Waals surface area contributed by atoms with Gasteiger partial charge in [0.25, 0.3) is 0 Å². The molecule has 46 N–H and O–H groups in total. The van der Waals surface area contributed by atoms with Gasteiger partial charge in [-0.05, 0) is 136 Å². The standard InChI is InChI=1S/C28H50N8O9.2C28H52N8O9/c1-27(40)11-42-25(20(39)23(27)33-2)44-21-12(6-18(37)28(41)7-17(28)36-26(31)32)5-15(30)22(19(21)38)45-24-16(35-13-9-34-10-13)4-3-14(8-29)43-24;1-27(40)12-42-25(20(39)23(27)34-2)44-21-13(9-18(37)28(41)10-17(28)36-26(32)33)8-15(31)22(19(21)38)45-24-16(35-7-3-6-29)5-4-14(11-30)43-24;1-28(41)12-42-26(21(40)24(28)33-2)44-22-13(8-19(38)18(37)5-6-35-27(31)32)7-16(30)23(20(22)39)45-25-17(36-14-10-34-11-14)4-3-15(9-29)43-25/h3,12-13,15-17,19-25,33-35,38-41H,4-11,29-30H2,1-2H3,(H4,31,32,36);4,13,15-17,19-25,34-35,38-41H,3,5-12,29-31H2,1-2H3,(H4,32,33,36);3,13-14,16-18,20-26,33-34,36-37,39-41H,4-12,29-30H2,1-2H3,(H4,31,32,35)/t12-,15-,16+,17?,19+,20+,21-,22?,23+,24+,25+,27-,28?;13-,15-,16+,17?,19+,20+,21-,22?,23+,24+,25+,27-,28?;13-,16-,17+,18-,20+,21+,22-,23?,24+,25+,26+,28-/m000/s1. The minimum atomic E-state index is -1.75. The fraction of sp³-hybridized carbons (Fsp3) is 0.857. The number of ether oxygens (including phenoxy) is 12. The Morgan fingerprint density at radius 1 is 0.474 bits per heavy atom. The number of guanidine groups is 3. The predicted molar refractivity (Wildman–Crippen MR) is 484 cm³/mol. The molecule has 772 valence electrons. The van der Waals surface area contributed by atoms with Crippen LogP contribution in [-0.4, -0.2) is 427 Å². The van der Waals surface area contributed by atoms with Gasteiger partial charge in [-0.3, -0.25) is 19.4 Å². The van der Waals surface area contributed by atoms with E-state index in [4.69, 9.17) is 131 Å². The molecule has 8 heterocycles. The van der Waals surface area contributed by atoms with Gasteiger partial charge in [-0.15, -0.1) is 0 Å². The molecule has 5 saturated heterocycles. The fourth-order valence-corrected chi connectivity index (χ4v) is 19.8. The molecule has 8 aliphatic heterocycles. The zero-order chi connectivity index (χ0) is 98.7. The maximum absolute atomic E-state index is 13.3. The molecule has 135 heavy (non-hydrogen) atoms. The average Bonchev–Trinajstić information content (AvgIpc) is 1.17. The van der Waals surface area contributed by atoms with Gasteiger partial charge in [0, 0.05) is 101 Å². The van der Waals surface area contributed by atoms with Crippen molar-refractivity contribution in [2.24, 2.45) is 107 Å². The molecule has 13 aliphatic rings. The van der Waals surface area contributed by atoms with Gasteiger partial charge in [-0.2, -0.15) is 0 Å². The van der Waals surface area contributed by atoms with Crippen molar-refractivity contribution in [2.75, 3.05) is 106 Å². The highest BCUT2D eigenvalue weighted by Gasteiger charge is 2.64. The number of nitrogens with zero attached hydrogens (tertiary/aromatic N) is 3. The Bertz CT molecular complexity index is 4030. The molecule has 51 heteroatoms. The second-order valence-electron chi connectivity index (χ2n) is 38.6. The van der Waals surface area contributed by atoms with E-state index >= 15 is 0 Å². The molecule has 7 unspecified atom stereocenters. The van der Waals surface area contributed by atoms with Crippen LogP contribution in [-0.2, 0) is 71.2 Å². The highest BCUT2D eigenvalue weighted by Crippen LogP contribution is 2.47. The first kappa shape index (κ1) is 109. The van der Waals surface area contributed by atoms with E-state index in [1.807, 2.05) is 18.2 Å². The SMILES string of the molecule is CN[C@@H]1[C@@H](O)[C@@H](O[C@H]2[C@H](CC(=O)C3(O)CC3N=C(N)N)C[C@H](N)C(O[C@H]3OC(CN)=CC[C@H]3NC3CNC3)[C@@H]2O)OC[C@]1(C)O.CN[C@@H]1[C@@H](O)[C@@H](O[C@H]2[C@H](CC(=O)C3(O)CC3N=C(N)N)C[C@H](N)C(O[C@H]3OC(CN)=CC[C@H]3NCCCN)[C@@H]2O)OC[C@]1(C)O.CN[C@@H]1[C@@H](O)[C@@H](O[C@H]2[C@H](CC(=O)[C@@H](O)CCN=C(N)N)C[C@H](N)C(O[C@H]3OC(CN)=CC[C@H]3NC3CNC3)[C@@H]2O)OC[C@]1(C)O. The van der Waals surface area contributed by atoms with E-state index in [1.54, 1.807) is 21.1 Å². The number of likely N-dealkylation sites (N-methyl/N-ethyl adjacent to an activating group) is 3. The van der Waals surface area contributed by atoms with Crippen molar-refractivity contribution in [3.63, 3.8) is 0 Å². The second-order valence-corrected chi connectivity index (χ2v) is 38.6. The van der Waals surface area contributed by atoms with Crippen LogP contribution in [0.1, 0.15) is 104 Å². The monoisotopic (exact) mass is 1930 g/mol. The molecule has 0 amide bonds. The summed E-state index contributed by atoms with van der Waals surface area (Å²) in [4.78, 5) is 51.4. The van der Waals surface area contributed by atoms with Crippen LogP contribution in [0.3, 0.4) is 0 Å². The molecule has 0 radical (unpaired) electrons. The van der Waals surface area contributed by atoms with Gasteiger partial charge in [0.05, 0.1) is 106 Å². The molecule has 10 fully saturated rings. The summed E-state index contributed by atoms with van der Waals surface area (Å²) in [6, 6.07) is -6.59. The van der Waals surface area contributed by atoms with Crippen LogP contribution in [0, 0.1) is 17.8 Å². The van der Waals surface area contributed by atoms with Crippen molar-refractivity contribution >= 4 is 35.2 Å².